The van der Waals surface area contributed by atoms with Crippen molar-refractivity contribution in [3.05, 3.63) is 30.1 Å². The number of H-pyrrole nitrogens is 1. The smallest absolute Gasteiger partial charge is 0.254 e. The molecule has 3 rings (SSSR count). The summed E-state index contributed by atoms with van der Waals surface area (Å²) < 4.78 is 6.03. The van der Waals surface area contributed by atoms with E-state index in [0.717, 1.165) is 11.0 Å². The van der Waals surface area contributed by atoms with Crippen LogP contribution in [0.25, 0.3) is 11.0 Å². The Morgan fingerprint density at radius 1 is 1.24 bits per heavy atom. The summed E-state index contributed by atoms with van der Waals surface area (Å²) in [6.07, 6.45) is 1.64. The molecule has 21 heavy (non-hydrogen) atoms. The molecule has 0 bridgehead atoms. The van der Waals surface area contributed by atoms with E-state index in [9.17, 15) is 4.79 Å². The van der Waals surface area contributed by atoms with Crippen LogP contribution in [0.2, 0.25) is 0 Å². The molecule has 0 aliphatic carbocycles. The molecule has 0 unspecified atom stereocenters. The second-order valence-corrected chi connectivity index (χ2v) is 6.92. The van der Waals surface area contributed by atoms with Gasteiger partial charge in [0.1, 0.15) is 0 Å². The summed E-state index contributed by atoms with van der Waals surface area (Å²) in [5.41, 5.74) is 1.76. The van der Waals surface area contributed by atoms with Crippen LogP contribution in [0.3, 0.4) is 0 Å². The molecule has 1 amide bonds. The number of amides is 1. The Balaban J connectivity index is 1.90. The molecule has 2 aromatic rings. The molecule has 5 heteroatoms. The molecule has 1 N–H and O–H groups in total. The van der Waals surface area contributed by atoms with Gasteiger partial charge in [0.25, 0.3) is 5.91 Å². The normalized spacial score (nSPS) is 20.7. The van der Waals surface area contributed by atoms with Gasteiger partial charge in [-0.15, -0.1) is 0 Å². The van der Waals surface area contributed by atoms with E-state index in [-0.39, 0.29) is 17.1 Å². The van der Waals surface area contributed by atoms with Gasteiger partial charge in [-0.1, -0.05) is 0 Å². The third-order valence-corrected chi connectivity index (χ3v) is 3.65. The van der Waals surface area contributed by atoms with E-state index in [1.54, 1.807) is 6.33 Å². The Morgan fingerprint density at radius 3 is 2.57 bits per heavy atom. The Labute approximate surface area is 124 Å². The van der Waals surface area contributed by atoms with Crippen molar-refractivity contribution in [1.82, 2.24) is 14.9 Å². The summed E-state index contributed by atoms with van der Waals surface area (Å²) in [7, 11) is 0. The second-order valence-electron chi connectivity index (χ2n) is 6.92. The van der Waals surface area contributed by atoms with Crippen LogP contribution in [-0.2, 0) is 4.74 Å². The van der Waals surface area contributed by atoms with Crippen LogP contribution < -0.4 is 0 Å². The highest BCUT2D eigenvalue weighted by Crippen LogP contribution is 2.29. The summed E-state index contributed by atoms with van der Waals surface area (Å²) >= 11 is 0. The quantitative estimate of drug-likeness (QED) is 0.877. The summed E-state index contributed by atoms with van der Waals surface area (Å²) in [6.45, 7) is 9.27. The number of fused-ring (bicyclic) bond motifs is 1. The SMILES string of the molecule is CC1(C)CN(C(=O)c2ccc3nc[nH]c3c2)CC(C)(C)O1. The van der Waals surface area contributed by atoms with Crippen molar-refractivity contribution >= 4 is 16.9 Å². The number of ether oxygens (including phenoxy) is 1. The lowest BCUT2D eigenvalue weighted by Gasteiger charge is -2.47. The van der Waals surface area contributed by atoms with Crippen molar-refractivity contribution in [2.24, 2.45) is 0 Å². The van der Waals surface area contributed by atoms with Crippen molar-refractivity contribution in [2.45, 2.75) is 38.9 Å². The standard InChI is InChI=1S/C16H21N3O2/c1-15(2)8-19(9-16(3,4)21-15)14(20)11-5-6-12-13(7-11)18-10-17-12/h5-7,10H,8-9H2,1-4H3,(H,17,18). The molecule has 1 aromatic heterocycles. The maximum atomic E-state index is 12.8. The third kappa shape index (κ3) is 2.78. The molecule has 0 saturated carbocycles. The number of aromatic amines is 1. The first kappa shape index (κ1) is 14.1. The molecule has 5 nitrogen and oxygen atoms in total. The molecule has 112 valence electrons. The number of rotatable bonds is 1. The van der Waals surface area contributed by atoms with E-state index in [2.05, 4.69) is 9.97 Å². The second kappa shape index (κ2) is 4.56. The molecule has 1 saturated heterocycles. The molecule has 0 atom stereocenters. The summed E-state index contributed by atoms with van der Waals surface area (Å²) in [4.78, 5) is 21.9. The molecular weight excluding hydrogens is 266 g/mol. The highest BCUT2D eigenvalue weighted by molar-refractivity contribution is 5.97. The zero-order valence-electron chi connectivity index (χ0n) is 12.9. The van der Waals surface area contributed by atoms with E-state index in [0.29, 0.717) is 18.7 Å². The molecule has 1 aromatic carbocycles. The van der Waals surface area contributed by atoms with Crippen molar-refractivity contribution < 1.29 is 9.53 Å². The number of carbonyl (C=O) groups is 1. The van der Waals surface area contributed by atoms with Crippen LogP contribution in [-0.4, -0.2) is 45.1 Å². The van der Waals surface area contributed by atoms with Crippen molar-refractivity contribution in [3.63, 3.8) is 0 Å². The zero-order valence-corrected chi connectivity index (χ0v) is 12.9. The van der Waals surface area contributed by atoms with E-state index >= 15 is 0 Å². The van der Waals surface area contributed by atoms with Crippen LogP contribution in [0, 0.1) is 0 Å². The summed E-state index contributed by atoms with van der Waals surface area (Å²) in [5, 5.41) is 0. The number of aromatic nitrogens is 2. The van der Waals surface area contributed by atoms with Gasteiger partial charge in [0, 0.05) is 18.7 Å². The van der Waals surface area contributed by atoms with Crippen LogP contribution in [0.15, 0.2) is 24.5 Å². The topological polar surface area (TPSA) is 58.2 Å². The number of nitrogens with zero attached hydrogens (tertiary/aromatic N) is 2. The number of hydrogen-bond acceptors (Lipinski definition) is 3. The zero-order chi connectivity index (χ0) is 15.3. The average Bonchev–Trinajstić information content (AvgIpc) is 2.81. The average molecular weight is 287 g/mol. The molecule has 1 fully saturated rings. The first-order valence-electron chi connectivity index (χ1n) is 7.18. The first-order chi connectivity index (χ1) is 9.76. The Morgan fingerprint density at radius 2 is 1.90 bits per heavy atom. The lowest BCUT2D eigenvalue weighted by Crippen LogP contribution is -2.58. The Bertz CT molecular complexity index is 672. The van der Waals surface area contributed by atoms with Gasteiger partial charge in [0.05, 0.1) is 28.6 Å². The highest BCUT2D eigenvalue weighted by atomic mass is 16.5. The van der Waals surface area contributed by atoms with Gasteiger partial charge >= 0.3 is 0 Å². The monoisotopic (exact) mass is 287 g/mol. The maximum absolute atomic E-state index is 12.8. The van der Waals surface area contributed by atoms with Crippen LogP contribution >= 0.6 is 0 Å². The summed E-state index contributed by atoms with van der Waals surface area (Å²) in [5.74, 6) is 0.0379. The number of carbonyl (C=O) groups excluding carboxylic acids is 1. The third-order valence-electron chi connectivity index (χ3n) is 3.65. The van der Waals surface area contributed by atoms with Gasteiger partial charge in [0.2, 0.25) is 0 Å². The van der Waals surface area contributed by atoms with Crippen molar-refractivity contribution in [1.29, 1.82) is 0 Å². The fourth-order valence-corrected chi connectivity index (χ4v) is 3.18. The molecule has 0 spiro atoms. The predicted molar refractivity (Wildman–Crippen MR) is 81.2 cm³/mol. The Kier molecular flexibility index (Phi) is 3.06. The van der Waals surface area contributed by atoms with Crippen molar-refractivity contribution in [2.75, 3.05) is 13.1 Å². The summed E-state index contributed by atoms with van der Waals surface area (Å²) in [6, 6.07) is 5.57. The van der Waals surface area contributed by atoms with Gasteiger partial charge in [-0.25, -0.2) is 4.98 Å². The molecule has 1 aliphatic rings. The number of benzene rings is 1. The van der Waals surface area contributed by atoms with E-state index < -0.39 is 0 Å². The minimum Gasteiger partial charge on any atom is -0.366 e. The van der Waals surface area contributed by atoms with E-state index in [1.807, 2.05) is 50.8 Å². The number of nitrogens with one attached hydrogen (secondary N) is 1. The largest absolute Gasteiger partial charge is 0.366 e. The minimum atomic E-state index is -0.338. The van der Waals surface area contributed by atoms with Crippen LogP contribution in [0.1, 0.15) is 38.1 Å². The Hall–Kier alpha value is -1.88. The highest BCUT2D eigenvalue weighted by Gasteiger charge is 2.40. The first-order valence-corrected chi connectivity index (χ1v) is 7.18. The fourth-order valence-electron chi connectivity index (χ4n) is 3.18. The minimum absolute atomic E-state index is 0.0379. The molecule has 0 radical (unpaired) electrons. The van der Waals surface area contributed by atoms with E-state index in [1.165, 1.54) is 0 Å². The maximum Gasteiger partial charge on any atom is 0.254 e. The van der Waals surface area contributed by atoms with Crippen molar-refractivity contribution in [3.8, 4) is 0 Å². The lowest BCUT2D eigenvalue weighted by molar-refractivity contribution is -0.171. The van der Waals surface area contributed by atoms with Gasteiger partial charge in [-0.05, 0) is 45.9 Å². The number of hydrogen-bond donors (Lipinski definition) is 1. The van der Waals surface area contributed by atoms with Crippen LogP contribution in [0.4, 0.5) is 0 Å². The lowest BCUT2D eigenvalue weighted by atomic mass is 9.98. The van der Waals surface area contributed by atoms with Gasteiger partial charge in [-0.3, -0.25) is 4.79 Å². The molecule has 1 aliphatic heterocycles. The molecular formula is C16H21N3O2. The van der Waals surface area contributed by atoms with E-state index in [4.69, 9.17) is 4.74 Å². The van der Waals surface area contributed by atoms with Crippen LogP contribution in [0.5, 0.6) is 0 Å². The fraction of sp³-hybridized carbons (Fsp3) is 0.500. The van der Waals surface area contributed by atoms with Gasteiger partial charge < -0.3 is 14.6 Å². The predicted octanol–water partition coefficient (Wildman–Crippen LogP) is 2.59. The molecule has 2 heterocycles. The number of morpholine rings is 1. The van der Waals surface area contributed by atoms with Gasteiger partial charge in [-0.2, -0.15) is 0 Å². The van der Waals surface area contributed by atoms with Gasteiger partial charge in [0.15, 0.2) is 0 Å². The number of imidazole rings is 1.